The van der Waals surface area contributed by atoms with E-state index < -0.39 is 24.3 Å². The molecule has 0 aromatic heterocycles. The molecule has 0 radical (unpaired) electrons. The van der Waals surface area contributed by atoms with Gasteiger partial charge >= 0.3 is 18.0 Å². The highest BCUT2D eigenvalue weighted by molar-refractivity contribution is 6.36. The molecule has 2 aliphatic carbocycles. The van der Waals surface area contributed by atoms with E-state index in [0.29, 0.717) is 50.9 Å². The summed E-state index contributed by atoms with van der Waals surface area (Å²) in [5.74, 6) is -2.03. The Morgan fingerprint density at radius 1 is 0.646 bits per heavy atom. The summed E-state index contributed by atoms with van der Waals surface area (Å²) in [4.78, 5) is 85.1. The van der Waals surface area contributed by atoms with Crippen molar-refractivity contribution in [2.45, 2.75) is 63.3 Å². The van der Waals surface area contributed by atoms with Crippen molar-refractivity contribution in [2.75, 3.05) is 29.5 Å². The predicted molar refractivity (Wildman–Crippen MR) is 246 cm³/mol. The molecule has 65 heavy (non-hydrogen) atoms. The molecule has 18 heteroatoms. The zero-order valence-electron chi connectivity index (χ0n) is 34.6. The summed E-state index contributed by atoms with van der Waals surface area (Å²) in [6.45, 7) is 0.601. The second kappa shape index (κ2) is 19.8. The smallest absolute Gasteiger partial charge is 0.332 e. The number of carboxylic acids is 1. The highest BCUT2D eigenvalue weighted by Crippen LogP contribution is 2.41. The summed E-state index contributed by atoms with van der Waals surface area (Å²) in [5, 5.41) is 10.2. The molecule has 0 spiro atoms. The summed E-state index contributed by atoms with van der Waals surface area (Å²) in [5.41, 5.74) is 8.87. The fraction of sp³-hybridized carbons (Fsp3) is 0.277. The number of carbonyl (C=O) groups is 6. The Morgan fingerprint density at radius 2 is 1.12 bits per heavy atom. The minimum absolute atomic E-state index is 0.0143. The first kappa shape index (κ1) is 45.8. The fourth-order valence-corrected chi connectivity index (χ4v) is 9.79. The molecule has 9 rings (SSSR count). The SMILES string of the molecule is O=C(/C=C/c1ccc2c(c1)CCC2N1CC(=O)N(c2cc(Cl)cc(Cl)c2)C1=O)NOC1CCCCO1.O=C(O)/C=C/c1ccc2c(c1)CCC2N1CC(=O)N(c2cc(Cl)cc(Cl)c2)C1=O. The van der Waals surface area contributed by atoms with E-state index in [1.807, 2.05) is 36.4 Å². The topological polar surface area (TPSA) is 166 Å². The number of fused-ring (bicyclic) bond motifs is 2. The van der Waals surface area contributed by atoms with Crippen LogP contribution in [0.5, 0.6) is 0 Å². The molecule has 0 bridgehead atoms. The monoisotopic (exact) mass is 959 g/mol. The molecular weight excluding hydrogens is 920 g/mol. The van der Waals surface area contributed by atoms with E-state index in [1.165, 1.54) is 24.3 Å². The number of ether oxygens (including phenoxy) is 1. The van der Waals surface area contributed by atoms with Crippen LogP contribution in [0, 0.1) is 0 Å². The Hall–Kier alpha value is -5.74. The van der Waals surface area contributed by atoms with Gasteiger partial charge in [-0.3, -0.25) is 14.4 Å². The zero-order valence-corrected chi connectivity index (χ0v) is 37.6. The molecule has 0 saturated carbocycles. The summed E-state index contributed by atoms with van der Waals surface area (Å²) in [7, 11) is 0. The van der Waals surface area contributed by atoms with E-state index in [2.05, 4.69) is 5.48 Å². The molecule has 3 heterocycles. The van der Waals surface area contributed by atoms with E-state index in [9.17, 15) is 28.8 Å². The van der Waals surface area contributed by atoms with Crippen LogP contribution in [0.15, 0.2) is 84.9 Å². The molecule has 3 aliphatic heterocycles. The minimum Gasteiger partial charge on any atom is -0.478 e. The predicted octanol–water partition coefficient (Wildman–Crippen LogP) is 9.58. The maximum Gasteiger partial charge on any atom is 0.332 e. The lowest BCUT2D eigenvalue weighted by Crippen LogP contribution is -2.34. The number of hydroxylamine groups is 1. The average molecular weight is 962 g/mol. The number of aryl methyl sites for hydroxylation is 2. The van der Waals surface area contributed by atoms with Crippen LogP contribution in [-0.2, 0) is 41.6 Å². The minimum atomic E-state index is -1.01. The standard InChI is InChI=1S/C26H25Cl2N3O5.C21H16Cl2N2O4/c27-18-12-19(28)14-20(13-18)31-24(33)15-30(26(31)34)22-8-6-17-11-16(4-7-21(17)22)5-9-23(32)29-36-25-3-1-2-10-35-25;22-14-8-15(23)10-16(9-14)25-19(26)11-24(21(25)29)18-5-3-13-7-12(1-4-17(13)18)2-6-20(27)28/h4-5,7,9,11-14,22,25H,1-3,6,8,10,15H2,(H,29,32);1-2,4,6-10,18H,3,5,11H2,(H,27,28)/b9-5+;6-2+. The third-order valence-electron chi connectivity index (χ3n) is 11.6. The van der Waals surface area contributed by atoms with E-state index >= 15 is 0 Å². The van der Waals surface area contributed by atoms with Gasteiger partial charge in [0.25, 0.3) is 17.7 Å². The molecule has 14 nitrogen and oxygen atoms in total. The Morgan fingerprint density at radius 3 is 1.57 bits per heavy atom. The maximum absolute atomic E-state index is 13.2. The molecule has 3 saturated heterocycles. The second-order valence-corrected chi connectivity index (χ2v) is 17.7. The van der Waals surface area contributed by atoms with Crippen LogP contribution in [0.1, 0.15) is 77.6 Å². The summed E-state index contributed by atoms with van der Waals surface area (Å²) in [6, 6.07) is 19.5. The Kier molecular flexibility index (Phi) is 13.9. The third-order valence-corrected chi connectivity index (χ3v) is 12.5. The fourth-order valence-electron chi connectivity index (χ4n) is 8.76. The van der Waals surface area contributed by atoms with Gasteiger partial charge in [0.1, 0.15) is 13.1 Å². The molecule has 3 unspecified atom stereocenters. The number of urea groups is 2. The van der Waals surface area contributed by atoms with Gasteiger partial charge in [0.15, 0.2) is 6.29 Å². The number of imide groups is 2. The van der Waals surface area contributed by atoms with Gasteiger partial charge in [0, 0.05) is 45.3 Å². The number of aliphatic carboxylic acids is 1. The summed E-state index contributed by atoms with van der Waals surface area (Å²) < 4.78 is 5.43. The van der Waals surface area contributed by atoms with Crippen molar-refractivity contribution in [3.8, 4) is 0 Å². The Balaban J connectivity index is 0.000000181. The number of benzene rings is 4. The largest absolute Gasteiger partial charge is 0.478 e. The van der Waals surface area contributed by atoms with Crippen molar-refractivity contribution in [2.24, 2.45) is 0 Å². The lowest BCUT2D eigenvalue weighted by atomic mass is 10.0. The van der Waals surface area contributed by atoms with Gasteiger partial charge in [0.2, 0.25) is 0 Å². The van der Waals surface area contributed by atoms with E-state index in [1.54, 1.807) is 40.1 Å². The Bertz CT molecular complexity index is 2610. The Labute approximate surface area is 393 Å². The first-order valence-corrected chi connectivity index (χ1v) is 22.3. The molecule has 336 valence electrons. The number of carbonyl (C=O) groups excluding carboxylic acids is 5. The molecule has 7 amide bonds. The van der Waals surface area contributed by atoms with Crippen LogP contribution in [0.2, 0.25) is 20.1 Å². The van der Waals surface area contributed by atoms with Crippen molar-refractivity contribution in [3.05, 3.63) is 138 Å². The van der Waals surface area contributed by atoms with Gasteiger partial charge in [-0.05, 0) is 120 Å². The normalized spacial score (nSPS) is 20.5. The highest BCUT2D eigenvalue weighted by Gasteiger charge is 2.44. The lowest BCUT2D eigenvalue weighted by molar-refractivity contribution is -0.198. The molecule has 5 aliphatic rings. The average Bonchev–Trinajstić information content (AvgIpc) is 4.03. The van der Waals surface area contributed by atoms with Crippen LogP contribution in [0.3, 0.4) is 0 Å². The number of halogens is 4. The molecular formula is C47H41Cl4N5O9. The summed E-state index contributed by atoms with van der Waals surface area (Å²) >= 11 is 24.2. The number of carboxylic acid groups (broad SMARTS) is 1. The third kappa shape index (κ3) is 10.4. The van der Waals surface area contributed by atoms with Gasteiger partial charge in [-0.1, -0.05) is 82.8 Å². The molecule has 4 aromatic rings. The van der Waals surface area contributed by atoms with Crippen molar-refractivity contribution >= 4 is 106 Å². The number of nitrogens with one attached hydrogen (secondary N) is 1. The number of rotatable bonds is 10. The molecule has 4 aromatic carbocycles. The van der Waals surface area contributed by atoms with Crippen molar-refractivity contribution in [1.29, 1.82) is 0 Å². The van der Waals surface area contributed by atoms with Crippen LogP contribution < -0.4 is 15.3 Å². The second-order valence-electron chi connectivity index (χ2n) is 15.9. The maximum atomic E-state index is 13.2. The van der Waals surface area contributed by atoms with Crippen molar-refractivity contribution in [1.82, 2.24) is 15.3 Å². The first-order valence-electron chi connectivity index (χ1n) is 20.8. The van der Waals surface area contributed by atoms with Gasteiger partial charge in [-0.15, -0.1) is 0 Å². The summed E-state index contributed by atoms with van der Waals surface area (Å²) in [6.07, 6.45) is 11.0. The van der Waals surface area contributed by atoms with Crippen LogP contribution in [-0.4, -0.2) is 76.6 Å². The van der Waals surface area contributed by atoms with Gasteiger partial charge in [0.05, 0.1) is 23.5 Å². The van der Waals surface area contributed by atoms with Crippen molar-refractivity contribution in [3.63, 3.8) is 0 Å². The molecule has 2 N–H and O–H groups in total. The van der Waals surface area contributed by atoms with E-state index in [-0.39, 0.29) is 42.9 Å². The number of hydrogen-bond donors (Lipinski definition) is 2. The quantitative estimate of drug-likeness (QED) is 0.0894. The highest BCUT2D eigenvalue weighted by atomic mass is 35.5. The van der Waals surface area contributed by atoms with Crippen LogP contribution in [0.4, 0.5) is 21.0 Å². The van der Waals surface area contributed by atoms with Crippen LogP contribution in [0.25, 0.3) is 12.2 Å². The molecule has 3 atom stereocenters. The molecule has 3 fully saturated rings. The lowest BCUT2D eigenvalue weighted by Gasteiger charge is -2.24. The van der Waals surface area contributed by atoms with Crippen LogP contribution >= 0.6 is 46.4 Å². The van der Waals surface area contributed by atoms with E-state index in [4.69, 9.17) is 61.1 Å². The first-order chi connectivity index (χ1) is 31.2. The number of anilines is 2. The van der Waals surface area contributed by atoms with E-state index in [0.717, 1.165) is 81.4 Å². The number of amides is 7. The van der Waals surface area contributed by atoms with Gasteiger partial charge < -0.3 is 19.6 Å². The zero-order chi connectivity index (χ0) is 45.9. The number of nitrogens with zero attached hydrogens (tertiary/aromatic N) is 4. The van der Waals surface area contributed by atoms with Gasteiger partial charge in [-0.2, -0.15) is 0 Å². The number of hydrogen-bond acceptors (Lipinski definition) is 8. The van der Waals surface area contributed by atoms with Crippen molar-refractivity contribution < 1.29 is 43.4 Å². The van der Waals surface area contributed by atoms with Gasteiger partial charge in [-0.25, -0.2) is 34.5 Å².